The third-order valence-corrected chi connectivity index (χ3v) is 3.12. The van der Waals surface area contributed by atoms with Crippen molar-refractivity contribution in [2.45, 2.75) is 32.6 Å². The van der Waals surface area contributed by atoms with Crippen LogP contribution in [-0.2, 0) is 9.53 Å². The van der Waals surface area contributed by atoms with Gasteiger partial charge in [0.05, 0.1) is 0 Å². The van der Waals surface area contributed by atoms with Crippen molar-refractivity contribution in [2.75, 3.05) is 20.3 Å². The Morgan fingerprint density at radius 1 is 1.15 bits per heavy atom. The predicted molar refractivity (Wildman–Crippen MR) is 78.9 cm³/mol. The molecule has 1 aromatic rings. The van der Waals surface area contributed by atoms with E-state index in [4.69, 9.17) is 4.74 Å². The number of Topliss-reactive ketones (excluding diaryl/α,β-unsaturated/α-hetero) is 1. The Hall–Kier alpha value is -1.68. The third-order valence-electron chi connectivity index (χ3n) is 3.12. The lowest BCUT2D eigenvalue weighted by molar-refractivity contribution is -0.121. The monoisotopic (exact) mass is 277 g/mol. The fourth-order valence-electron chi connectivity index (χ4n) is 1.94. The molecule has 0 saturated carbocycles. The summed E-state index contributed by atoms with van der Waals surface area (Å²) in [5, 5.41) is 2.82. The molecule has 0 atom stereocenters. The van der Waals surface area contributed by atoms with E-state index in [-0.39, 0.29) is 24.5 Å². The number of unbranched alkanes of at least 4 members (excludes halogenated alkanes) is 1. The zero-order valence-electron chi connectivity index (χ0n) is 12.3. The highest BCUT2D eigenvalue weighted by Gasteiger charge is 2.10. The van der Waals surface area contributed by atoms with E-state index >= 15 is 0 Å². The molecule has 20 heavy (non-hydrogen) atoms. The molecule has 0 aliphatic rings. The normalized spacial score (nSPS) is 10.3. The summed E-state index contributed by atoms with van der Waals surface area (Å²) in [4.78, 5) is 23.6. The van der Waals surface area contributed by atoms with E-state index < -0.39 is 0 Å². The number of hydrogen-bond acceptors (Lipinski definition) is 3. The van der Waals surface area contributed by atoms with Gasteiger partial charge in [-0.2, -0.15) is 0 Å². The molecule has 0 fully saturated rings. The number of aryl methyl sites for hydroxylation is 1. The van der Waals surface area contributed by atoms with Crippen LogP contribution >= 0.6 is 0 Å². The highest BCUT2D eigenvalue weighted by atomic mass is 16.5. The van der Waals surface area contributed by atoms with E-state index in [1.165, 1.54) is 0 Å². The minimum absolute atomic E-state index is 0.0256. The van der Waals surface area contributed by atoms with Crippen molar-refractivity contribution in [3.05, 3.63) is 35.4 Å². The molecule has 4 nitrogen and oxygen atoms in total. The van der Waals surface area contributed by atoms with Crippen molar-refractivity contribution in [1.82, 2.24) is 5.32 Å². The summed E-state index contributed by atoms with van der Waals surface area (Å²) >= 11 is 0. The van der Waals surface area contributed by atoms with E-state index in [1.807, 2.05) is 25.1 Å². The summed E-state index contributed by atoms with van der Waals surface area (Å²) in [6, 6.07) is 7.46. The fourth-order valence-corrected chi connectivity index (χ4v) is 1.94. The van der Waals surface area contributed by atoms with Gasteiger partial charge < -0.3 is 10.1 Å². The molecule has 0 saturated heterocycles. The smallest absolute Gasteiger partial charge is 0.220 e. The molecule has 4 heteroatoms. The zero-order valence-corrected chi connectivity index (χ0v) is 12.3. The number of carbonyl (C=O) groups excluding carboxylic acids is 2. The van der Waals surface area contributed by atoms with E-state index in [9.17, 15) is 9.59 Å². The van der Waals surface area contributed by atoms with Crippen molar-refractivity contribution >= 4 is 11.7 Å². The second-order valence-electron chi connectivity index (χ2n) is 4.79. The lowest BCUT2D eigenvalue weighted by atomic mass is 10.0. The number of ether oxygens (including phenoxy) is 1. The minimum atomic E-state index is -0.0654. The quantitative estimate of drug-likeness (QED) is 0.557. The first kappa shape index (κ1) is 16.4. The summed E-state index contributed by atoms with van der Waals surface area (Å²) in [5.41, 5.74) is 1.66. The van der Waals surface area contributed by atoms with Crippen LogP contribution in [0.15, 0.2) is 24.3 Å². The Labute approximate surface area is 120 Å². The van der Waals surface area contributed by atoms with Gasteiger partial charge in [0.25, 0.3) is 0 Å². The number of ketones is 1. The number of rotatable bonds is 9. The number of hydrogen-bond donors (Lipinski definition) is 1. The Kier molecular flexibility index (Phi) is 7.58. The molecule has 0 spiro atoms. The van der Waals surface area contributed by atoms with E-state index in [1.54, 1.807) is 13.2 Å². The molecule has 1 N–H and O–H groups in total. The fraction of sp³-hybridized carbons (Fsp3) is 0.500. The lowest BCUT2D eigenvalue weighted by Gasteiger charge is -2.06. The molecule has 0 aromatic heterocycles. The van der Waals surface area contributed by atoms with Crippen LogP contribution in [0.25, 0.3) is 0 Å². The van der Waals surface area contributed by atoms with Crippen LogP contribution in [0.5, 0.6) is 0 Å². The Bertz CT molecular complexity index is 443. The molecule has 1 amide bonds. The van der Waals surface area contributed by atoms with Crippen molar-refractivity contribution in [2.24, 2.45) is 0 Å². The first-order chi connectivity index (χ1) is 9.65. The number of benzene rings is 1. The van der Waals surface area contributed by atoms with Gasteiger partial charge in [0.2, 0.25) is 5.91 Å². The Balaban J connectivity index is 2.24. The minimum Gasteiger partial charge on any atom is -0.385 e. The molecule has 0 unspecified atom stereocenters. The summed E-state index contributed by atoms with van der Waals surface area (Å²) in [7, 11) is 1.66. The van der Waals surface area contributed by atoms with Gasteiger partial charge in [-0.15, -0.1) is 0 Å². The van der Waals surface area contributed by atoms with E-state index in [0.29, 0.717) is 18.7 Å². The number of carbonyl (C=O) groups is 2. The first-order valence-corrected chi connectivity index (χ1v) is 6.99. The topological polar surface area (TPSA) is 55.4 Å². The molecule has 0 bridgehead atoms. The summed E-state index contributed by atoms with van der Waals surface area (Å²) < 4.78 is 4.93. The molecule has 0 heterocycles. The average Bonchev–Trinajstić information content (AvgIpc) is 2.45. The van der Waals surface area contributed by atoms with Crippen LogP contribution in [0.1, 0.15) is 41.6 Å². The van der Waals surface area contributed by atoms with Crippen molar-refractivity contribution < 1.29 is 14.3 Å². The summed E-state index contributed by atoms with van der Waals surface area (Å²) in [5.74, 6) is -0.0398. The average molecular weight is 277 g/mol. The zero-order chi connectivity index (χ0) is 14.8. The van der Waals surface area contributed by atoms with Crippen molar-refractivity contribution in [3.63, 3.8) is 0 Å². The van der Waals surface area contributed by atoms with Gasteiger partial charge in [-0.1, -0.05) is 24.3 Å². The summed E-state index contributed by atoms with van der Waals surface area (Å²) in [6.07, 6.45) is 2.33. The van der Waals surface area contributed by atoms with Crippen LogP contribution in [-0.4, -0.2) is 32.0 Å². The number of nitrogens with one attached hydrogen (secondary N) is 1. The molecule has 110 valence electrons. The molecular weight excluding hydrogens is 254 g/mol. The van der Waals surface area contributed by atoms with Gasteiger partial charge in [0.1, 0.15) is 0 Å². The van der Waals surface area contributed by atoms with E-state index in [2.05, 4.69) is 5.32 Å². The van der Waals surface area contributed by atoms with E-state index in [0.717, 1.165) is 18.4 Å². The number of methoxy groups -OCH3 is 1. The highest BCUT2D eigenvalue weighted by molar-refractivity contribution is 5.99. The Morgan fingerprint density at radius 2 is 1.90 bits per heavy atom. The van der Waals surface area contributed by atoms with Gasteiger partial charge in [0.15, 0.2) is 5.78 Å². The largest absolute Gasteiger partial charge is 0.385 e. The van der Waals surface area contributed by atoms with Crippen LogP contribution < -0.4 is 5.32 Å². The standard InChI is InChI=1S/C16H23NO3/c1-13-7-3-4-8-14(13)15(18)9-10-16(19)17-11-5-6-12-20-2/h3-4,7-8H,5-6,9-12H2,1-2H3,(H,17,19). The van der Waals surface area contributed by atoms with Crippen LogP contribution in [0, 0.1) is 6.92 Å². The van der Waals surface area contributed by atoms with Crippen molar-refractivity contribution in [1.29, 1.82) is 0 Å². The summed E-state index contributed by atoms with van der Waals surface area (Å²) in [6.45, 7) is 3.26. The first-order valence-electron chi connectivity index (χ1n) is 6.99. The maximum atomic E-state index is 12.0. The SMILES string of the molecule is COCCCCNC(=O)CCC(=O)c1ccccc1C. The number of amides is 1. The highest BCUT2D eigenvalue weighted by Crippen LogP contribution is 2.10. The molecule has 1 aromatic carbocycles. The van der Waals surface area contributed by atoms with Gasteiger partial charge in [-0.05, 0) is 25.3 Å². The lowest BCUT2D eigenvalue weighted by Crippen LogP contribution is -2.25. The molecule has 1 rings (SSSR count). The maximum Gasteiger partial charge on any atom is 0.220 e. The third kappa shape index (κ3) is 5.97. The second kappa shape index (κ2) is 9.26. The van der Waals surface area contributed by atoms with Gasteiger partial charge >= 0.3 is 0 Å². The van der Waals surface area contributed by atoms with Crippen LogP contribution in [0.2, 0.25) is 0 Å². The van der Waals surface area contributed by atoms with Gasteiger partial charge in [0, 0.05) is 38.7 Å². The van der Waals surface area contributed by atoms with Crippen LogP contribution in [0.3, 0.4) is 0 Å². The molecule has 0 radical (unpaired) electrons. The van der Waals surface area contributed by atoms with Crippen molar-refractivity contribution in [3.8, 4) is 0 Å². The second-order valence-corrected chi connectivity index (χ2v) is 4.79. The Morgan fingerprint density at radius 3 is 2.60 bits per heavy atom. The molecular formula is C16H23NO3. The van der Waals surface area contributed by atoms with Gasteiger partial charge in [-0.3, -0.25) is 9.59 Å². The van der Waals surface area contributed by atoms with Crippen LogP contribution in [0.4, 0.5) is 0 Å². The molecule has 0 aliphatic heterocycles. The molecule has 0 aliphatic carbocycles. The maximum absolute atomic E-state index is 12.0. The predicted octanol–water partition coefficient (Wildman–Crippen LogP) is 2.50. The van der Waals surface area contributed by atoms with Gasteiger partial charge in [-0.25, -0.2) is 0 Å².